The Morgan fingerprint density at radius 3 is 3.00 bits per heavy atom. The SMILES string of the molecule is CN(Cc1cccs1)C(=O)COC(=O)c1ccc2c(c1)NC(=O)C1CCCN21. The first-order valence-electron chi connectivity index (χ1n) is 9.18. The third-order valence-corrected chi connectivity index (χ3v) is 5.94. The number of hydrogen-bond acceptors (Lipinski definition) is 6. The number of nitrogens with zero attached hydrogens (tertiary/aromatic N) is 2. The molecular formula is C20H21N3O4S. The lowest BCUT2D eigenvalue weighted by molar-refractivity contribution is -0.133. The van der Waals surface area contributed by atoms with Crippen molar-refractivity contribution in [2.75, 3.05) is 30.4 Å². The minimum atomic E-state index is -0.585. The zero-order chi connectivity index (χ0) is 19.7. The molecule has 0 radical (unpaired) electrons. The van der Waals surface area contributed by atoms with Crippen LogP contribution in [0.15, 0.2) is 35.7 Å². The molecule has 2 amide bonds. The molecule has 28 heavy (non-hydrogen) atoms. The van der Waals surface area contributed by atoms with Crippen molar-refractivity contribution in [1.82, 2.24) is 4.90 Å². The number of thiophene rings is 1. The standard InChI is InChI=1S/C20H21N3O4S/c1-22(11-14-4-3-9-28-14)18(24)12-27-20(26)13-6-7-16-15(10-13)21-19(25)17-5-2-8-23(16)17/h3-4,6-7,9-10,17H,2,5,8,11-12H2,1H3,(H,21,25). The maximum Gasteiger partial charge on any atom is 0.338 e. The Labute approximate surface area is 166 Å². The van der Waals surface area contributed by atoms with E-state index < -0.39 is 5.97 Å². The number of fused-ring (bicyclic) bond motifs is 3. The molecule has 0 spiro atoms. The van der Waals surface area contributed by atoms with Gasteiger partial charge in [0.05, 0.1) is 23.5 Å². The molecular weight excluding hydrogens is 378 g/mol. The summed E-state index contributed by atoms with van der Waals surface area (Å²) >= 11 is 1.57. The van der Waals surface area contributed by atoms with Gasteiger partial charge in [0.2, 0.25) is 5.91 Å². The van der Waals surface area contributed by atoms with Crippen LogP contribution < -0.4 is 10.2 Å². The summed E-state index contributed by atoms with van der Waals surface area (Å²) in [6, 6.07) is 8.87. The van der Waals surface area contributed by atoms with Crippen molar-refractivity contribution < 1.29 is 19.1 Å². The highest BCUT2D eigenvalue weighted by atomic mass is 32.1. The smallest absolute Gasteiger partial charge is 0.338 e. The van der Waals surface area contributed by atoms with Crippen LogP contribution in [0.5, 0.6) is 0 Å². The van der Waals surface area contributed by atoms with Gasteiger partial charge in [-0.1, -0.05) is 6.07 Å². The van der Waals surface area contributed by atoms with Crippen molar-refractivity contribution in [1.29, 1.82) is 0 Å². The maximum atomic E-state index is 12.4. The molecule has 1 saturated heterocycles. The van der Waals surface area contributed by atoms with Crippen molar-refractivity contribution in [2.24, 2.45) is 0 Å². The summed E-state index contributed by atoms with van der Waals surface area (Å²) in [5, 5.41) is 4.82. The molecule has 1 aromatic carbocycles. The lowest BCUT2D eigenvalue weighted by Crippen LogP contribution is -2.43. The summed E-state index contributed by atoms with van der Waals surface area (Å²) < 4.78 is 5.18. The van der Waals surface area contributed by atoms with Gasteiger partial charge in [-0.2, -0.15) is 0 Å². The zero-order valence-corrected chi connectivity index (χ0v) is 16.3. The molecule has 2 aromatic rings. The van der Waals surface area contributed by atoms with Gasteiger partial charge in [0, 0.05) is 18.5 Å². The number of nitrogens with one attached hydrogen (secondary N) is 1. The number of ether oxygens (including phenoxy) is 1. The molecule has 1 unspecified atom stereocenters. The molecule has 4 rings (SSSR count). The second-order valence-electron chi connectivity index (χ2n) is 6.98. The monoisotopic (exact) mass is 399 g/mol. The number of benzene rings is 1. The fraction of sp³-hybridized carbons (Fsp3) is 0.350. The molecule has 2 aliphatic rings. The van der Waals surface area contributed by atoms with Crippen LogP contribution >= 0.6 is 11.3 Å². The highest BCUT2D eigenvalue weighted by Gasteiger charge is 2.36. The number of likely N-dealkylation sites (N-methyl/N-ethyl adjacent to an activating group) is 1. The van der Waals surface area contributed by atoms with Crippen molar-refractivity contribution >= 4 is 40.5 Å². The van der Waals surface area contributed by atoms with Crippen molar-refractivity contribution in [3.8, 4) is 0 Å². The van der Waals surface area contributed by atoms with Gasteiger partial charge in [-0.25, -0.2) is 4.79 Å². The Balaban J connectivity index is 1.38. The van der Waals surface area contributed by atoms with Crippen LogP contribution in [0.1, 0.15) is 28.1 Å². The normalized spacial score (nSPS) is 17.5. The van der Waals surface area contributed by atoms with Gasteiger partial charge >= 0.3 is 5.97 Å². The van der Waals surface area contributed by atoms with Crippen LogP contribution in [0.3, 0.4) is 0 Å². The number of carbonyl (C=O) groups is 3. The van der Waals surface area contributed by atoms with Crippen LogP contribution in [0.4, 0.5) is 11.4 Å². The number of amides is 2. The van der Waals surface area contributed by atoms with Gasteiger partial charge in [-0.15, -0.1) is 11.3 Å². The third-order valence-electron chi connectivity index (χ3n) is 5.08. The molecule has 0 aliphatic carbocycles. The van der Waals surface area contributed by atoms with E-state index in [2.05, 4.69) is 10.2 Å². The second-order valence-corrected chi connectivity index (χ2v) is 8.01. The average Bonchev–Trinajstić information content (AvgIpc) is 3.37. The van der Waals surface area contributed by atoms with E-state index in [0.29, 0.717) is 17.8 Å². The van der Waals surface area contributed by atoms with Crippen LogP contribution in [0, 0.1) is 0 Å². The molecule has 7 nitrogen and oxygen atoms in total. The van der Waals surface area contributed by atoms with E-state index in [1.807, 2.05) is 23.6 Å². The Morgan fingerprint density at radius 2 is 2.21 bits per heavy atom. The van der Waals surface area contributed by atoms with Crippen LogP contribution in [0.25, 0.3) is 0 Å². The number of esters is 1. The van der Waals surface area contributed by atoms with Crippen molar-refractivity contribution in [3.63, 3.8) is 0 Å². The summed E-state index contributed by atoms with van der Waals surface area (Å²) in [5.74, 6) is -0.896. The summed E-state index contributed by atoms with van der Waals surface area (Å²) in [6.07, 6.45) is 1.82. The van der Waals surface area contributed by atoms with E-state index in [-0.39, 0.29) is 24.5 Å². The summed E-state index contributed by atoms with van der Waals surface area (Å²) in [6.45, 7) is 0.994. The Kier molecular flexibility index (Phi) is 5.04. The number of anilines is 2. The van der Waals surface area contributed by atoms with Gasteiger partial charge in [0.1, 0.15) is 6.04 Å². The highest BCUT2D eigenvalue weighted by molar-refractivity contribution is 7.09. The number of hydrogen-bond donors (Lipinski definition) is 1. The van der Waals surface area contributed by atoms with Crippen LogP contribution in [-0.2, 0) is 20.9 Å². The summed E-state index contributed by atoms with van der Waals surface area (Å²) in [4.78, 5) is 41.4. The number of rotatable bonds is 5. The van der Waals surface area contributed by atoms with E-state index in [0.717, 1.165) is 30.0 Å². The second kappa shape index (κ2) is 7.63. The summed E-state index contributed by atoms with van der Waals surface area (Å²) in [5.41, 5.74) is 1.84. The van der Waals surface area contributed by atoms with Gasteiger partial charge in [0.25, 0.3) is 5.91 Å². The quantitative estimate of drug-likeness (QED) is 0.782. The molecule has 3 heterocycles. The molecule has 0 bridgehead atoms. The fourth-order valence-corrected chi connectivity index (χ4v) is 4.36. The topological polar surface area (TPSA) is 79.0 Å². The van der Waals surface area contributed by atoms with E-state index in [1.54, 1.807) is 30.5 Å². The van der Waals surface area contributed by atoms with Crippen molar-refractivity contribution in [3.05, 3.63) is 46.2 Å². The first-order valence-corrected chi connectivity index (χ1v) is 10.1. The molecule has 2 aliphatic heterocycles. The van der Waals surface area contributed by atoms with Gasteiger partial charge in [-0.3, -0.25) is 9.59 Å². The van der Waals surface area contributed by atoms with E-state index in [4.69, 9.17) is 4.74 Å². The zero-order valence-electron chi connectivity index (χ0n) is 15.5. The molecule has 146 valence electrons. The van der Waals surface area contributed by atoms with E-state index in [1.165, 1.54) is 4.90 Å². The Hall–Kier alpha value is -2.87. The third kappa shape index (κ3) is 3.60. The molecule has 1 aromatic heterocycles. The molecule has 1 fully saturated rings. The number of carbonyl (C=O) groups excluding carboxylic acids is 3. The van der Waals surface area contributed by atoms with E-state index >= 15 is 0 Å². The highest BCUT2D eigenvalue weighted by Crippen LogP contribution is 2.37. The van der Waals surface area contributed by atoms with Gasteiger partial charge in [-0.05, 0) is 42.5 Å². The predicted octanol–water partition coefficient (Wildman–Crippen LogP) is 2.48. The molecule has 1 atom stereocenters. The maximum absolute atomic E-state index is 12.4. The van der Waals surface area contributed by atoms with Crippen molar-refractivity contribution in [2.45, 2.75) is 25.4 Å². The molecule has 0 saturated carbocycles. The first kappa shape index (κ1) is 18.5. The Morgan fingerprint density at radius 1 is 1.36 bits per heavy atom. The predicted molar refractivity (Wildman–Crippen MR) is 107 cm³/mol. The summed E-state index contributed by atoms with van der Waals surface area (Å²) in [7, 11) is 1.68. The van der Waals surface area contributed by atoms with Gasteiger partial charge < -0.3 is 19.9 Å². The average molecular weight is 399 g/mol. The molecule has 8 heteroatoms. The first-order chi connectivity index (χ1) is 13.5. The minimum Gasteiger partial charge on any atom is -0.452 e. The lowest BCUT2D eigenvalue weighted by atomic mass is 10.1. The molecule has 1 N–H and O–H groups in total. The Bertz CT molecular complexity index is 912. The van der Waals surface area contributed by atoms with E-state index in [9.17, 15) is 14.4 Å². The van der Waals surface area contributed by atoms with Crippen LogP contribution in [0.2, 0.25) is 0 Å². The van der Waals surface area contributed by atoms with Crippen LogP contribution in [-0.4, -0.2) is 48.9 Å². The van der Waals surface area contributed by atoms with Gasteiger partial charge in [0.15, 0.2) is 6.61 Å². The minimum absolute atomic E-state index is 0.0408. The largest absolute Gasteiger partial charge is 0.452 e. The lowest BCUT2D eigenvalue weighted by Gasteiger charge is -2.33. The fourth-order valence-electron chi connectivity index (χ4n) is 3.60.